The van der Waals surface area contributed by atoms with Crippen LogP contribution in [0.1, 0.15) is 37.0 Å². The van der Waals surface area contributed by atoms with Crippen molar-refractivity contribution in [3.05, 3.63) is 23.8 Å². The molecule has 0 heterocycles. The van der Waals surface area contributed by atoms with Crippen LogP contribution in [0.4, 0.5) is 5.69 Å². The zero-order valence-corrected chi connectivity index (χ0v) is 15.0. The van der Waals surface area contributed by atoms with E-state index in [1.807, 2.05) is 0 Å². The van der Waals surface area contributed by atoms with E-state index in [1.165, 1.54) is 23.9 Å². The molecule has 2 N–H and O–H groups in total. The van der Waals surface area contributed by atoms with Gasteiger partial charge in [-0.2, -0.15) is 0 Å². The molecular formula is C15H21NO5S2. The molecule has 0 bridgehead atoms. The van der Waals surface area contributed by atoms with Gasteiger partial charge in [0.05, 0.1) is 15.7 Å². The summed E-state index contributed by atoms with van der Waals surface area (Å²) in [6.07, 6.45) is 3.04. The molecule has 1 aromatic rings. The third kappa shape index (κ3) is 6.23. The van der Waals surface area contributed by atoms with Crippen LogP contribution >= 0.6 is 11.8 Å². The molecule has 1 aromatic carbocycles. The number of thioether (sulfide) groups is 1. The lowest BCUT2D eigenvalue weighted by Gasteiger charge is -2.13. The predicted octanol–water partition coefficient (Wildman–Crippen LogP) is 2.65. The summed E-state index contributed by atoms with van der Waals surface area (Å²) in [5, 5.41) is 11.4. The number of aromatic carboxylic acids is 1. The molecule has 8 heteroatoms. The van der Waals surface area contributed by atoms with Crippen molar-refractivity contribution in [1.82, 2.24) is 0 Å². The zero-order valence-electron chi connectivity index (χ0n) is 13.3. The lowest BCUT2D eigenvalue weighted by atomic mass is 10.2. The van der Waals surface area contributed by atoms with Crippen LogP contribution in [0.2, 0.25) is 0 Å². The van der Waals surface area contributed by atoms with E-state index in [0.29, 0.717) is 0 Å². The molecule has 1 unspecified atom stereocenters. The number of hydrogen-bond acceptors (Lipinski definition) is 5. The maximum Gasteiger partial charge on any atom is 0.335 e. The summed E-state index contributed by atoms with van der Waals surface area (Å²) in [6, 6.07) is 3.59. The number of carboxylic acid groups (broad SMARTS) is 1. The van der Waals surface area contributed by atoms with Gasteiger partial charge in [-0.15, -0.1) is 11.8 Å². The fraction of sp³-hybridized carbons (Fsp3) is 0.467. The maximum atomic E-state index is 12.1. The van der Waals surface area contributed by atoms with E-state index >= 15 is 0 Å². The molecule has 0 aliphatic carbocycles. The molecule has 0 aliphatic rings. The minimum absolute atomic E-state index is 0.140. The fourth-order valence-electron chi connectivity index (χ4n) is 1.73. The Labute approximate surface area is 140 Å². The van der Waals surface area contributed by atoms with Gasteiger partial charge in [0.25, 0.3) is 0 Å². The van der Waals surface area contributed by atoms with Gasteiger partial charge in [-0.25, -0.2) is 13.2 Å². The van der Waals surface area contributed by atoms with Gasteiger partial charge in [-0.05, 0) is 37.3 Å². The van der Waals surface area contributed by atoms with Crippen LogP contribution in [-0.4, -0.2) is 42.7 Å². The monoisotopic (exact) mass is 359 g/mol. The Kier molecular flexibility index (Phi) is 7.08. The quantitative estimate of drug-likeness (QED) is 0.692. The summed E-state index contributed by atoms with van der Waals surface area (Å²) in [7, 11) is -3.57. The second-order valence-corrected chi connectivity index (χ2v) is 8.64. The van der Waals surface area contributed by atoms with E-state index in [2.05, 4.69) is 12.2 Å². The van der Waals surface area contributed by atoms with Gasteiger partial charge in [0.15, 0.2) is 9.84 Å². The van der Waals surface area contributed by atoms with Crippen molar-refractivity contribution < 1.29 is 23.1 Å². The van der Waals surface area contributed by atoms with Crippen molar-refractivity contribution in [1.29, 1.82) is 0 Å². The molecule has 1 atom stereocenters. The Bertz CT molecular complexity index is 685. The fourth-order valence-corrected chi connectivity index (χ4v) is 3.43. The first kappa shape index (κ1) is 19.5. The molecule has 1 rings (SSSR count). The van der Waals surface area contributed by atoms with E-state index in [9.17, 15) is 18.0 Å². The standard InChI is InChI=1S/C15H21NO5S2/c1-4-5-6-22-10(2)14(17)16-12-7-11(15(18)19)8-13(9-12)23(3,20)21/h7-10H,4-6H2,1-3H3,(H,16,17)(H,18,19). The third-order valence-electron chi connectivity index (χ3n) is 3.08. The van der Waals surface area contributed by atoms with Crippen molar-refractivity contribution in [3.8, 4) is 0 Å². The van der Waals surface area contributed by atoms with E-state index in [0.717, 1.165) is 30.9 Å². The number of carbonyl (C=O) groups is 2. The largest absolute Gasteiger partial charge is 0.478 e. The first-order chi connectivity index (χ1) is 10.6. The Morgan fingerprint density at radius 2 is 1.96 bits per heavy atom. The highest BCUT2D eigenvalue weighted by molar-refractivity contribution is 8.00. The highest BCUT2D eigenvalue weighted by Crippen LogP contribution is 2.21. The minimum atomic E-state index is -3.57. The number of benzene rings is 1. The smallest absolute Gasteiger partial charge is 0.335 e. The number of sulfone groups is 1. The van der Waals surface area contributed by atoms with Crippen molar-refractivity contribution in [2.45, 2.75) is 36.8 Å². The van der Waals surface area contributed by atoms with Gasteiger partial charge in [0.2, 0.25) is 5.91 Å². The van der Waals surface area contributed by atoms with Gasteiger partial charge in [-0.1, -0.05) is 13.3 Å². The molecule has 0 aliphatic heterocycles. The molecule has 6 nitrogen and oxygen atoms in total. The molecular weight excluding hydrogens is 338 g/mol. The number of amides is 1. The molecule has 0 radical (unpaired) electrons. The lowest BCUT2D eigenvalue weighted by Crippen LogP contribution is -2.23. The summed E-state index contributed by atoms with van der Waals surface area (Å²) >= 11 is 1.50. The average molecular weight is 359 g/mol. The molecule has 0 spiro atoms. The van der Waals surface area contributed by atoms with Gasteiger partial charge in [0.1, 0.15) is 0 Å². The van der Waals surface area contributed by atoms with E-state index in [-0.39, 0.29) is 27.3 Å². The number of carbonyl (C=O) groups excluding carboxylic acids is 1. The number of hydrogen-bond donors (Lipinski definition) is 2. The average Bonchev–Trinajstić information content (AvgIpc) is 2.46. The van der Waals surface area contributed by atoms with E-state index in [4.69, 9.17) is 5.11 Å². The highest BCUT2D eigenvalue weighted by Gasteiger charge is 2.17. The number of rotatable bonds is 8. The Hall–Kier alpha value is -1.54. The van der Waals surface area contributed by atoms with Crippen LogP contribution < -0.4 is 5.32 Å². The predicted molar refractivity (Wildman–Crippen MR) is 92.0 cm³/mol. The number of carboxylic acids is 1. The molecule has 0 saturated heterocycles. The Morgan fingerprint density at radius 3 is 2.48 bits per heavy atom. The van der Waals surface area contributed by atoms with Gasteiger partial charge < -0.3 is 10.4 Å². The van der Waals surface area contributed by atoms with Crippen LogP contribution in [0.25, 0.3) is 0 Å². The summed E-state index contributed by atoms with van der Waals surface area (Å²) < 4.78 is 23.3. The van der Waals surface area contributed by atoms with Gasteiger partial charge >= 0.3 is 5.97 Å². The van der Waals surface area contributed by atoms with Crippen LogP contribution in [0.15, 0.2) is 23.1 Å². The van der Waals surface area contributed by atoms with Crippen LogP contribution in [-0.2, 0) is 14.6 Å². The van der Waals surface area contributed by atoms with Gasteiger partial charge in [-0.3, -0.25) is 4.79 Å². The lowest BCUT2D eigenvalue weighted by molar-refractivity contribution is -0.115. The molecule has 1 amide bonds. The second kappa shape index (κ2) is 8.35. The molecule has 0 fully saturated rings. The summed E-state index contributed by atoms with van der Waals surface area (Å²) in [6.45, 7) is 3.82. The van der Waals surface area contributed by atoms with Gasteiger partial charge in [0, 0.05) is 11.9 Å². The van der Waals surface area contributed by atoms with E-state index < -0.39 is 15.8 Å². The van der Waals surface area contributed by atoms with E-state index in [1.54, 1.807) is 6.92 Å². The van der Waals surface area contributed by atoms with Crippen LogP contribution in [0, 0.1) is 0 Å². The van der Waals surface area contributed by atoms with Crippen molar-refractivity contribution in [3.63, 3.8) is 0 Å². The van der Waals surface area contributed by atoms with Crippen LogP contribution in [0.5, 0.6) is 0 Å². The Balaban J connectivity index is 2.97. The Morgan fingerprint density at radius 1 is 1.30 bits per heavy atom. The molecule has 128 valence electrons. The SMILES string of the molecule is CCCCSC(C)C(=O)Nc1cc(C(=O)O)cc(S(C)(=O)=O)c1. The summed E-state index contributed by atoms with van der Waals surface area (Å²) in [5.74, 6) is -0.682. The first-order valence-corrected chi connectivity index (χ1v) is 10.1. The topological polar surface area (TPSA) is 101 Å². The normalized spacial score (nSPS) is 12.7. The van der Waals surface area contributed by atoms with Crippen molar-refractivity contribution >= 4 is 39.2 Å². The number of anilines is 1. The zero-order chi connectivity index (χ0) is 17.6. The summed E-state index contributed by atoms with van der Waals surface area (Å²) in [5.41, 5.74) is -0.0206. The van der Waals surface area contributed by atoms with Crippen molar-refractivity contribution in [2.75, 3.05) is 17.3 Å². The highest BCUT2D eigenvalue weighted by atomic mass is 32.2. The second-order valence-electron chi connectivity index (χ2n) is 5.18. The first-order valence-electron chi connectivity index (χ1n) is 7.16. The molecule has 23 heavy (non-hydrogen) atoms. The van der Waals surface area contributed by atoms with Crippen molar-refractivity contribution in [2.24, 2.45) is 0 Å². The van der Waals surface area contributed by atoms with Crippen LogP contribution in [0.3, 0.4) is 0 Å². The third-order valence-corrected chi connectivity index (χ3v) is 5.41. The number of unbranched alkanes of at least 4 members (excludes halogenated alkanes) is 1. The number of nitrogens with one attached hydrogen (secondary N) is 1. The maximum absolute atomic E-state index is 12.1. The molecule has 0 aromatic heterocycles. The minimum Gasteiger partial charge on any atom is -0.478 e. The molecule has 0 saturated carbocycles. The summed E-state index contributed by atoms with van der Waals surface area (Å²) in [4.78, 5) is 23.1.